The third kappa shape index (κ3) is 2.96. The normalized spacial score (nSPS) is 14.8. The lowest BCUT2D eigenvalue weighted by Gasteiger charge is -2.05. The summed E-state index contributed by atoms with van der Waals surface area (Å²) in [6, 6.07) is 8.54. The standard InChI is InChI=1S/C15H18N2OS/c1-18-9-11-4-2-3-10(7-11)8-13-14(12-5-6-12)17-15(16)19-13/h2-4,7,12H,5-6,8-9H2,1H3,(H2,16,17). The van der Waals surface area contributed by atoms with E-state index in [0.717, 1.165) is 6.42 Å². The molecule has 4 heteroatoms. The average molecular weight is 274 g/mol. The van der Waals surface area contributed by atoms with Crippen LogP contribution < -0.4 is 5.73 Å². The minimum absolute atomic E-state index is 0.658. The van der Waals surface area contributed by atoms with E-state index in [1.807, 2.05) is 0 Å². The molecule has 3 rings (SSSR count). The SMILES string of the molecule is COCc1cccc(Cc2sc(N)nc2C2CC2)c1. The van der Waals surface area contributed by atoms with E-state index in [1.165, 1.54) is 34.5 Å². The Hall–Kier alpha value is -1.39. The Labute approximate surface area is 117 Å². The van der Waals surface area contributed by atoms with Gasteiger partial charge in [0.05, 0.1) is 12.3 Å². The maximum Gasteiger partial charge on any atom is 0.180 e. The molecule has 1 aromatic heterocycles. The molecular formula is C15H18N2OS. The van der Waals surface area contributed by atoms with Gasteiger partial charge in [0.2, 0.25) is 0 Å². The van der Waals surface area contributed by atoms with Crippen LogP contribution in [0.5, 0.6) is 0 Å². The third-order valence-corrected chi connectivity index (χ3v) is 4.28. The fraction of sp³-hybridized carbons (Fsp3) is 0.400. The molecule has 2 aromatic rings. The molecule has 1 fully saturated rings. The monoisotopic (exact) mass is 274 g/mol. The summed E-state index contributed by atoms with van der Waals surface area (Å²) in [6.07, 6.45) is 3.46. The van der Waals surface area contributed by atoms with Gasteiger partial charge in [-0.05, 0) is 24.0 Å². The molecule has 1 aliphatic rings. The number of hydrogen-bond donors (Lipinski definition) is 1. The van der Waals surface area contributed by atoms with Gasteiger partial charge in [-0.15, -0.1) is 11.3 Å². The van der Waals surface area contributed by atoms with Crippen molar-refractivity contribution in [3.05, 3.63) is 46.0 Å². The molecule has 1 heterocycles. The predicted molar refractivity (Wildman–Crippen MR) is 78.5 cm³/mol. The number of ether oxygens (including phenoxy) is 1. The summed E-state index contributed by atoms with van der Waals surface area (Å²) in [7, 11) is 1.72. The fourth-order valence-electron chi connectivity index (χ4n) is 2.37. The second-order valence-electron chi connectivity index (χ2n) is 5.06. The first kappa shape index (κ1) is 12.6. The number of nitrogens with zero attached hydrogens (tertiary/aromatic N) is 1. The van der Waals surface area contributed by atoms with Gasteiger partial charge >= 0.3 is 0 Å². The van der Waals surface area contributed by atoms with Gasteiger partial charge in [0.25, 0.3) is 0 Å². The van der Waals surface area contributed by atoms with Crippen LogP contribution in [0.25, 0.3) is 0 Å². The highest BCUT2D eigenvalue weighted by Gasteiger charge is 2.29. The van der Waals surface area contributed by atoms with Crippen LogP contribution in [0, 0.1) is 0 Å². The van der Waals surface area contributed by atoms with Crippen molar-refractivity contribution < 1.29 is 4.74 Å². The Balaban J connectivity index is 1.82. The summed E-state index contributed by atoms with van der Waals surface area (Å²) < 4.78 is 5.18. The van der Waals surface area contributed by atoms with E-state index < -0.39 is 0 Å². The maximum atomic E-state index is 5.86. The van der Waals surface area contributed by atoms with Crippen LogP contribution >= 0.6 is 11.3 Å². The largest absolute Gasteiger partial charge is 0.380 e. The second kappa shape index (κ2) is 5.31. The Bertz CT molecular complexity index is 575. The molecule has 1 aromatic carbocycles. The Morgan fingerprint density at radius 1 is 1.37 bits per heavy atom. The molecular weight excluding hydrogens is 256 g/mol. The average Bonchev–Trinajstić information content (AvgIpc) is 3.15. The zero-order chi connectivity index (χ0) is 13.2. The molecule has 0 radical (unpaired) electrons. The van der Waals surface area contributed by atoms with Crippen LogP contribution in [-0.2, 0) is 17.8 Å². The van der Waals surface area contributed by atoms with Crippen molar-refractivity contribution in [1.29, 1.82) is 0 Å². The van der Waals surface area contributed by atoms with Crippen molar-refractivity contribution in [3.63, 3.8) is 0 Å². The summed E-state index contributed by atoms with van der Waals surface area (Å²) in [4.78, 5) is 5.83. The summed E-state index contributed by atoms with van der Waals surface area (Å²) in [6.45, 7) is 0.661. The number of methoxy groups -OCH3 is 1. The Morgan fingerprint density at radius 2 is 2.16 bits per heavy atom. The molecule has 0 amide bonds. The number of benzene rings is 1. The molecule has 19 heavy (non-hydrogen) atoms. The molecule has 1 saturated carbocycles. The van der Waals surface area contributed by atoms with Crippen LogP contribution in [0.1, 0.15) is 40.5 Å². The van der Waals surface area contributed by atoms with E-state index in [-0.39, 0.29) is 0 Å². The maximum absolute atomic E-state index is 5.86. The quantitative estimate of drug-likeness (QED) is 0.909. The highest BCUT2D eigenvalue weighted by atomic mass is 32.1. The third-order valence-electron chi connectivity index (χ3n) is 3.38. The molecule has 0 bridgehead atoms. The first-order valence-electron chi connectivity index (χ1n) is 6.58. The molecule has 100 valence electrons. The zero-order valence-corrected chi connectivity index (χ0v) is 11.9. The number of hydrogen-bond acceptors (Lipinski definition) is 4. The molecule has 3 nitrogen and oxygen atoms in total. The van der Waals surface area contributed by atoms with E-state index in [4.69, 9.17) is 10.5 Å². The Kier molecular flexibility index (Phi) is 3.53. The van der Waals surface area contributed by atoms with E-state index in [2.05, 4.69) is 29.2 Å². The smallest absolute Gasteiger partial charge is 0.180 e. The fourth-order valence-corrected chi connectivity index (χ4v) is 3.32. The number of nitrogens with two attached hydrogens (primary N) is 1. The summed E-state index contributed by atoms with van der Waals surface area (Å²) in [5, 5.41) is 0.699. The van der Waals surface area contributed by atoms with E-state index in [9.17, 15) is 0 Å². The molecule has 2 N–H and O–H groups in total. The van der Waals surface area contributed by atoms with E-state index in [0.29, 0.717) is 17.7 Å². The van der Waals surface area contributed by atoms with Gasteiger partial charge in [-0.1, -0.05) is 24.3 Å². The number of nitrogen functional groups attached to an aromatic ring is 1. The molecule has 0 atom stereocenters. The van der Waals surface area contributed by atoms with Gasteiger partial charge in [-0.2, -0.15) is 0 Å². The number of thiazole rings is 1. The predicted octanol–water partition coefficient (Wildman–Crippen LogP) is 3.34. The first-order chi connectivity index (χ1) is 9.26. The van der Waals surface area contributed by atoms with Crippen molar-refractivity contribution in [3.8, 4) is 0 Å². The molecule has 1 aliphatic carbocycles. The number of anilines is 1. The van der Waals surface area contributed by atoms with Gasteiger partial charge < -0.3 is 10.5 Å². The second-order valence-corrected chi connectivity index (χ2v) is 6.18. The zero-order valence-electron chi connectivity index (χ0n) is 11.1. The van der Waals surface area contributed by atoms with Gasteiger partial charge in [0, 0.05) is 24.3 Å². The first-order valence-corrected chi connectivity index (χ1v) is 7.39. The molecule has 0 unspecified atom stereocenters. The van der Waals surface area contributed by atoms with Crippen LogP contribution in [-0.4, -0.2) is 12.1 Å². The minimum atomic E-state index is 0.658. The summed E-state index contributed by atoms with van der Waals surface area (Å²) in [5.74, 6) is 0.658. The van der Waals surface area contributed by atoms with Crippen molar-refractivity contribution in [2.75, 3.05) is 12.8 Å². The van der Waals surface area contributed by atoms with Crippen LogP contribution in [0.2, 0.25) is 0 Å². The van der Waals surface area contributed by atoms with Gasteiger partial charge in [0.15, 0.2) is 5.13 Å². The number of rotatable bonds is 5. The van der Waals surface area contributed by atoms with Crippen molar-refractivity contribution >= 4 is 16.5 Å². The summed E-state index contributed by atoms with van der Waals surface area (Å²) >= 11 is 1.63. The van der Waals surface area contributed by atoms with Crippen molar-refractivity contribution in [2.24, 2.45) is 0 Å². The van der Waals surface area contributed by atoms with Crippen molar-refractivity contribution in [2.45, 2.75) is 31.8 Å². The van der Waals surface area contributed by atoms with Crippen LogP contribution in [0.4, 0.5) is 5.13 Å². The lowest BCUT2D eigenvalue weighted by atomic mass is 10.1. The van der Waals surface area contributed by atoms with E-state index >= 15 is 0 Å². The molecule has 0 saturated heterocycles. The van der Waals surface area contributed by atoms with Gasteiger partial charge in [0.1, 0.15) is 0 Å². The molecule has 0 aliphatic heterocycles. The summed E-state index contributed by atoms with van der Waals surface area (Å²) in [5.41, 5.74) is 9.62. The lowest BCUT2D eigenvalue weighted by molar-refractivity contribution is 0.185. The van der Waals surface area contributed by atoms with Gasteiger partial charge in [-0.3, -0.25) is 0 Å². The highest BCUT2D eigenvalue weighted by molar-refractivity contribution is 7.15. The minimum Gasteiger partial charge on any atom is -0.380 e. The van der Waals surface area contributed by atoms with E-state index in [1.54, 1.807) is 18.4 Å². The number of aromatic nitrogens is 1. The van der Waals surface area contributed by atoms with Crippen molar-refractivity contribution in [1.82, 2.24) is 4.98 Å². The molecule has 0 spiro atoms. The topological polar surface area (TPSA) is 48.1 Å². The van der Waals surface area contributed by atoms with Crippen LogP contribution in [0.3, 0.4) is 0 Å². The van der Waals surface area contributed by atoms with Crippen LogP contribution in [0.15, 0.2) is 24.3 Å². The lowest BCUT2D eigenvalue weighted by Crippen LogP contribution is -1.93. The highest BCUT2D eigenvalue weighted by Crippen LogP contribution is 2.43. The Morgan fingerprint density at radius 3 is 2.89 bits per heavy atom. The van der Waals surface area contributed by atoms with Gasteiger partial charge in [-0.25, -0.2) is 4.98 Å².